The van der Waals surface area contributed by atoms with Crippen LogP contribution in [0.4, 0.5) is 8.78 Å². The van der Waals surface area contributed by atoms with Gasteiger partial charge in [0.1, 0.15) is 36.6 Å². The molecule has 0 saturated carbocycles. The zero-order valence-corrected chi connectivity index (χ0v) is 17.5. The molecule has 31 heavy (non-hydrogen) atoms. The fourth-order valence-corrected chi connectivity index (χ4v) is 3.22. The summed E-state index contributed by atoms with van der Waals surface area (Å²) < 4.78 is 36.6. The summed E-state index contributed by atoms with van der Waals surface area (Å²) >= 11 is 12.3. The SMILES string of the molecule is C/C(=C(/OCc1cn(-c2cccc(Cl)c2Cl)nn1)c1ccc(F)cc1F)n1cncn1. The topological polar surface area (TPSA) is 70.7 Å². The third-order valence-electron chi connectivity index (χ3n) is 4.35. The van der Waals surface area contributed by atoms with Crippen LogP contribution in [0, 0.1) is 11.6 Å². The number of aromatic nitrogens is 6. The van der Waals surface area contributed by atoms with Crippen LogP contribution in [0.3, 0.4) is 0 Å². The van der Waals surface area contributed by atoms with Crippen molar-refractivity contribution in [3.05, 3.63) is 88.2 Å². The lowest BCUT2D eigenvalue weighted by Gasteiger charge is -2.14. The van der Waals surface area contributed by atoms with Crippen LogP contribution in [0.2, 0.25) is 10.0 Å². The van der Waals surface area contributed by atoms with Gasteiger partial charge in [-0.25, -0.2) is 23.1 Å². The zero-order valence-electron chi connectivity index (χ0n) is 16.0. The van der Waals surface area contributed by atoms with Crippen molar-refractivity contribution in [1.29, 1.82) is 0 Å². The molecule has 0 fully saturated rings. The smallest absolute Gasteiger partial charge is 0.151 e. The minimum Gasteiger partial charge on any atom is -0.485 e. The molecule has 4 rings (SSSR count). The molecule has 0 aliphatic heterocycles. The summed E-state index contributed by atoms with van der Waals surface area (Å²) in [5, 5.41) is 12.9. The quantitative estimate of drug-likeness (QED) is 0.376. The van der Waals surface area contributed by atoms with Crippen LogP contribution in [-0.2, 0) is 11.3 Å². The Morgan fingerprint density at radius 2 is 2.00 bits per heavy atom. The van der Waals surface area contributed by atoms with Crippen LogP contribution in [0.1, 0.15) is 18.2 Å². The van der Waals surface area contributed by atoms with E-state index in [4.69, 9.17) is 27.9 Å². The molecule has 0 aliphatic carbocycles. The first kappa shape index (κ1) is 21.0. The molecule has 11 heteroatoms. The van der Waals surface area contributed by atoms with Crippen LogP contribution in [0.15, 0.2) is 55.2 Å². The van der Waals surface area contributed by atoms with Gasteiger partial charge in [-0.15, -0.1) is 5.10 Å². The molecule has 0 N–H and O–H groups in total. The highest BCUT2D eigenvalue weighted by molar-refractivity contribution is 6.43. The summed E-state index contributed by atoms with van der Waals surface area (Å²) in [5.41, 5.74) is 1.52. The second kappa shape index (κ2) is 8.83. The van der Waals surface area contributed by atoms with Gasteiger partial charge in [0.25, 0.3) is 0 Å². The van der Waals surface area contributed by atoms with Crippen molar-refractivity contribution in [2.24, 2.45) is 0 Å². The van der Waals surface area contributed by atoms with Gasteiger partial charge in [-0.3, -0.25) is 0 Å². The van der Waals surface area contributed by atoms with Crippen molar-refractivity contribution >= 4 is 34.7 Å². The average Bonchev–Trinajstić information content (AvgIpc) is 3.43. The van der Waals surface area contributed by atoms with Gasteiger partial charge in [0.05, 0.1) is 33.2 Å². The van der Waals surface area contributed by atoms with Gasteiger partial charge in [-0.05, 0) is 31.2 Å². The molecule has 4 aromatic rings. The van der Waals surface area contributed by atoms with E-state index in [1.54, 1.807) is 31.3 Å². The lowest BCUT2D eigenvalue weighted by molar-refractivity contribution is 0.258. The Kier molecular flexibility index (Phi) is 5.97. The monoisotopic (exact) mass is 462 g/mol. The van der Waals surface area contributed by atoms with E-state index >= 15 is 0 Å². The Bertz CT molecular complexity index is 1260. The van der Waals surface area contributed by atoms with Crippen LogP contribution in [-0.4, -0.2) is 29.8 Å². The van der Waals surface area contributed by atoms with E-state index in [-0.39, 0.29) is 17.9 Å². The number of nitrogens with zero attached hydrogens (tertiary/aromatic N) is 6. The fourth-order valence-electron chi connectivity index (χ4n) is 2.83. The predicted molar refractivity (Wildman–Crippen MR) is 111 cm³/mol. The van der Waals surface area contributed by atoms with Gasteiger partial charge in [0.2, 0.25) is 0 Å². The van der Waals surface area contributed by atoms with Crippen LogP contribution < -0.4 is 0 Å². The molecule has 2 aromatic carbocycles. The molecule has 0 bridgehead atoms. The van der Waals surface area contributed by atoms with Crippen molar-refractivity contribution in [2.45, 2.75) is 13.5 Å². The Hall–Kier alpha value is -3.30. The van der Waals surface area contributed by atoms with Gasteiger partial charge < -0.3 is 4.74 Å². The molecular weight excluding hydrogens is 449 g/mol. The average molecular weight is 463 g/mol. The summed E-state index contributed by atoms with van der Waals surface area (Å²) in [6.45, 7) is 1.63. The number of rotatable bonds is 6. The largest absolute Gasteiger partial charge is 0.485 e. The highest BCUT2D eigenvalue weighted by Gasteiger charge is 2.17. The number of halogens is 4. The maximum atomic E-state index is 14.5. The van der Waals surface area contributed by atoms with Crippen LogP contribution >= 0.6 is 23.2 Å². The zero-order chi connectivity index (χ0) is 22.0. The van der Waals surface area contributed by atoms with E-state index in [9.17, 15) is 8.78 Å². The molecule has 0 atom stereocenters. The molecule has 0 amide bonds. The van der Waals surface area contributed by atoms with Crippen molar-refractivity contribution in [2.75, 3.05) is 0 Å². The molecular formula is C20H14Cl2F2N6O. The normalized spacial score (nSPS) is 12.0. The van der Waals surface area contributed by atoms with E-state index in [0.717, 1.165) is 12.1 Å². The maximum Gasteiger partial charge on any atom is 0.151 e. The Morgan fingerprint density at radius 1 is 1.16 bits per heavy atom. The standard InChI is InChI=1S/C20H14Cl2F2N6O/c1-12(30-11-25-10-26-30)20(15-6-5-13(23)7-17(15)24)31-9-14-8-29(28-27-14)18-4-2-3-16(21)19(18)22/h2-8,10-11H,9H2,1H3/b20-12-. The number of benzene rings is 2. The van der Waals surface area contributed by atoms with Crippen molar-refractivity contribution in [3.8, 4) is 5.69 Å². The van der Waals surface area contributed by atoms with Crippen LogP contribution in [0.25, 0.3) is 17.1 Å². The number of ether oxygens (including phenoxy) is 1. The van der Waals surface area contributed by atoms with Gasteiger partial charge in [-0.1, -0.05) is 34.5 Å². The lowest BCUT2D eigenvalue weighted by Crippen LogP contribution is -2.04. The minimum absolute atomic E-state index is 0.0453. The summed E-state index contributed by atoms with van der Waals surface area (Å²) in [7, 11) is 0. The highest BCUT2D eigenvalue weighted by atomic mass is 35.5. The molecule has 2 aromatic heterocycles. The summed E-state index contributed by atoms with van der Waals surface area (Å²) in [5.74, 6) is -1.32. The Morgan fingerprint density at radius 3 is 2.74 bits per heavy atom. The van der Waals surface area contributed by atoms with Gasteiger partial charge >= 0.3 is 0 Å². The third kappa shape index (κ3) is 4.42. The Labute approximate surface area is 185 Å². The van der Waals surface area contributed by atoms with Crippen molar-refractivity contribution < 1.29 is 13.5 Å². The first-order chi connectivity index (χ1) is 14.9. The molecule has 0 unspecified atom stereocenters. The first-order valence-corrected chi connectivity index (χ1v) is 9.69. The second-order valence-electron chi connectivity index (χ2n) is 6.39. The van der Waals surface area contributed by atoms with E-state index in [2.05, 4.69) is 20.4 Å². The lowest BCUT2D eigenvalue weighted by atomic mass is 10.1. The molecule has 2 heterocycles. The Balaban J connectivity index is 1.64. The fraction of sp³-hybridized carbons (Fsp3) is 0.100. The van der Waals surface area contributed by atoms with E-state index in [1.807, 2.05) is 0 Å². The van der Waals surface area contributed by atoms with E-state index in [1.165, 1.54) is 28.1 Å². The number of allylic oxidation sites excluding steroid dienone is 1. The first-order valence-electron chi connectivity index (χ1n) is 8.93. The third-order valence-corrected chi connectivity index (χ3v) is 5.16. The van der Waals surface area contributed by atoms with Gasteiger partial charge in [-0.2, -0.15) is 5.10 Å². The summed E-state index contributed by atoms with van der Waals surface area (Å²) in [6.07, 6.45) is 4.39. The predicted octanol–water partition coefficient (Wildman–Crippen LogP) is 5.01. The van der Waals surface area contributed by atoms with Crippen molar-refractivity contribution in [1.82, 2.24) is 29.8 Å². The van der Waals surface area contributed by atoms with E-state index in [0.29, 0.717) is 27.1 Å². The number of hydrogen-bond donors (Lipinski definition) is 0. The van der Waals surface area contributed by atoms with Crippen molar-refractivity contribution in [3.63, 3.8) is 0 Å². The molecule has 0 saturated heterocycles. The second-order valence-corrected chi connectivity index (χ2v) is 7.18. The van der Waals surface area contributed by atoms with Crippen LogP contribution in [0.5, 0.6) is 0 Å². The summed E-state index contributed by atoms with van der Waals surface area (Å²) in [6, 6.07) is 8.36. The molecule has 0 aliphatic rings. The van der Waals surface area contributed by atoms with Gasteiger partial charge in [0.15, 0.2) is 5.76 Å². The minimum atomic E-state index is -0.774. The van der Waals surface area contributed by atoms with E-state index < -0.39 is 11.6 Å². The molecule has 7 nitrogen and oxygen atoms in total. The summed E-state index contributed by atoms with van der Waals surface area (Å²) in [4.78, 5) is 3.89. The maximum absolute atomic E-state index is 14.5. The molecule has 0 radical (unpaired) electrons. The molecule has 158 valence electrons. The molecule has 0 spiro atoms. The number of hydrogen-bond acceptors (Lipinski definition) is 5. The van der Waals surface area contributed by atoms with Gasteiger partial charge in [0, 0.05) is 6.07 Å². The highest BCUT2D eigenvalue weighted by Crippen LogP contribution is 2.29.